The zero-order chi connectivity index (χ0) is 18.1. The van der Waals surface area contributed by atoms with Crippen LogP contribution in [0.1, 0.15) is 29.4 Å². The third-order valence-electron chi connectivity index (χ3n) is 4.58. The van der Waals surface area contributed by atoms with Crippen LogP contribution in [0.15, 0.2) is 42.9 Å². The van der Waals surface area contributed by atoms with Crippen molar-refractivity contribution < 1.29 is 9.13 Å². The second-order valence-electron chi connectivity index (χ2n) is 6.68. The van der Waals surface area contributed by atoms with E-state index in [4.69, 9.17) is 4.74 Å². The zero-order valence-electron chi connectivity index (χ0n) is 14.7. The van der Waals surface area contributed by atoms with Gasteiger partial charge in [0.05, 0.1) is 12.2 Å². The van der Waals surface area contributed by atoms with Gasteiger partial charge in [0.1, 0.15) is 5.82 Å². The van der Waals surface area contributed by atoms with Crippen molar-refractivity contribution in [3.63, 3.8) is 0 Å². The molecule has 0 N–H and O–H groups in total. The van der Waals surface area contributed by atoms with E-state index < -0.39 is 5.95 Å². The van der Waals surface area contributed by atoms with Crippen LogP contribution in [-0.4, -0.2) is 26.5 Å². The quantitative estimate of drug-likeness (QED) is 0.654. The molecule has 26 heavy (non-hydrogen) atoms. The van der Waals surface area contributed by atoms with E-state index in [1.807, 2.05) is 13.1 Å². The molecule has 0 aliphatic heterocycles. The predicted octanol–water partition coefficient (Wildman–Crippen LogP) is 3.87. The highest BCUT2D eigenvalue weighted by molar-refractivity contribution is 5.67. The highest BCUT2D eigenvalue weighted by Crippen LogP contribution is 2.47. The molecule has 3 heterocycles. The summed E-state index contributed by atoms with van der Waals surface area (Å²) in [5, 5.41) is 0. The molecule has 132 valence electrons. The monoisotopic (exact) mass is 350 g/mol. The van der Waals surface area contributed by atoms with Crippen molar-refractivity contribution in [2.75, 3.05) is 6.61 Å². The van der Waals surface area contributed by atoms with Crippen molar-refractivity contribution in [3.05, 3.63) is 65.9 Å². The fourth-order valence-corrected chi connectivity index (χ4v) is 3.01. The summed E-state index contributed by atoms with van der Waals surface area (Å²) < 4.78 is 19.4. The van der Waals surface area contributed by atoms with E-state index in [-0.39, 0.29) is 0 Å². The normalized spacial score (nSPS) is 18.6. The van der Waals surface area contributed by atoms with Gasteiger partial charge in [-0.05, 0) is 43.5 Å². The summed E-state index contributed by atoms with van der Waals surface area (Å²) in [7, 11) is 0. The Hall–Kier alpha value is -2.89. The molecule has 0 bridgehead atoms. The fourth-order valence-electron chi connectivity index (χ4n) is 3.01. The number of aromatic nitrogens is 4. The van der Waals surface area contributed by atoms with Gasteiger partial charge >= 0.3 is 0 Å². The number of hydrogen-bond donors (Lipinski definition) is 0. The van der Waals surface area contributed by atoms with Crippen LogP contribution in [0.4, 0.5) is 4.39 Å². The Morgan fingerprint density at radius 2 is 2.00 bits per heavy atom. The van der Waals surface area contributed by atoms with Gasteiger partial charge in [-0.15, -0.1) is 0 Å². The first-order valence-corrected chi connectivity index (χ1v) is 8.61. The summed E-state index contributed by atoms with van der Waals surface area (Å²) in [5.74, 6) is 1.40. The molecule has 2 atom stereocenters. The Morgan fingerprint density at radius 3 is 2.77 bits per heavy atom. The van der Waals surface area contributed by atoms with Crippen molar-refractivity contribution in [2.45, 2.75) is 26.2 Å². The molecular formula is C20H19FN4O. The maximum Gasteiger partial charge on any atom is 0.224 e. The molecule has 1 aliphatic rings. The first kappa shape index (κ1) is 16.6. The molecular weight excluding hydrogens is 331 g/mol. The molecule has 3 aromatic heterocycles. The second-order valence-corrected chi connectivity index (χ2v) is 6.68. The van der Waals surface area contributed by atoms with Gasteiger partial charge in [-0.25, -0.2) is 9.97 Å². The third-order valence-corrected chi connectivity index (χ3v) is 4.58. The molecule has 0 spiro atoms. The van der Waals surface area contributed by atoms with E-state index in [2.05, 4.69) is 32.1 Å². The third kappa shape index (κ3) is 3.54. The van der Waals surface area contributed by atoms with E-state index in [0.717, 1.165) is 17.7 Å². The lowest BCUT2D eigenvalue weighted by molar-refractivity contribution is 0.285. The molecule has 3 aromatic rings. The number of nitrogens with zero attached hydrogens (tertiary/aromatic N) is 4. The molecule has 4 rings (SSSR count). The summed E-state index contributed by atoms with van der Waals surface area (Å²) in [6.07, 6.45) is 6.04. The van der Waals surface area contributed by atoms with Crippen LogP contribution in [0.3, 0.4) is 0 Å². The smallest absolute Gasteiger partial charge is 0.224 e. The largest absolute Gasteiger partial charge is 0.477 e. The maximum atomic E-state index is 13.5. The highest BCUT2D eigenvalue weighted by Gasteiger charge is 2.40. The van der Waals surface area contributed by atoms with E-state index in [9.17, 15) is 4.39 Å². The Labute approximate surface area is 151 Å². The van der Waals surface area contributed by atoms with Crippen LogP contribution in [0.25, 0.3) is 11.1 Å². The molecule has 0 amide bonds. The molecule has 1 aliphatic carbocycles. The summed E-state index contributed by atoms with van der Waals surface area (Å²) in [6.45, 7) is 4.39. The van der Waals surface area contributed by atoms with Crippen molar-refractivity contribution in [1.29, 1.82) is 0 Å². The minimum atomic E-state index is -0.540. The number of pyridine rings is 2. The average molecular weight is 350 g/mol. The van der Waals surface area contributed by atoms with Crippen LogP contribution in [0.5, 0.6) is 5.88 Å². The number of halogens is 1. The highest BCUT2D eigenvalue weighted by atomic mass is 19.1. The first-order chi connectivity index (χ1) is 12.6. The number of ether oxygens (including phenoxy) is 1. The number of rotatable bonds is 5. The minimum absolute atomic E-state index is 0.419. The number of aryl methyl sites for hydroxylation is 2. The Bertz CT molecular complexity index is 929. The van der Waals surface area contributed by atoms with Crippen LogP contribution in [0, 0.1) is 25.7 Å². The van der Waals surface area contributed by atoms with Crippen LogP contribution in [-0.2, 0) is 0 Å². The average Bonchev–Trinajstić information content (AvgIpc) is 3.40. The lowest BCUT2D eigenvalue weighted by Gasteiger charge is -2.11. The molecule has 0 radical (unpaired) electrons. The molecule has 0 saturated heterocycles. The van der Waals surface area contributed by atoms with Crippen LogP contribution >= 0.6 is 0 Å². The lowest BCUT2D eigenvalue weighted by Crippen LogP contribution is -2.05. The van der Waals surface area contributed by atoms with Crippen LogP contribution < -0.4 is 4.74 Å². The SMILES string of the molecule is Cc1ccc([C@H]2C[C@@H]2COc2nc(C)ncc2-c2ccnc(F)c2)nc1. The molecule has 0 aromatic carbocycles. The van der Waals surface area contributed by atoms with Gasteiger partial charge in [-0.1, -0.05) is 6.07 Å². The molecule has 0 unspecified atom stereocenters. The van der Waals surface area contributed by atoms with E-state index in [1.54, 1.807) is 19.2 Å². The summed E-state index contributed by atoms with van der Waals surface area (Å²) >= 11 is 0. The Kier molecular flexibility index (Phi) is 4.32. The zero-order valence-corrected chi connectivity index (χ0v) is 14.7. The molecule has 5 nitrogen and oxygen atoms in total. The van der Waals surface area contributed by atoms with Crippen molar-refractivity contribution >= 4 is 0 Å². The maximum absolute atomic E-state index is 13.5. The van der Waals surface area contributed by atoms with Crippen molar-refractivity contribution in [3.8, 4) is 17.0 Å². The second kappa shape index (κ2) is 6.78. The van der Waals surface area contributed by atoms with Crippen molar-refractivity contribution in [1.82, 2.24) is 19.9 Å². The van der Waals surface area contributed by atoms with Crippen molar-refractivity contribution in [2.24, 2.45) is 5.92 Å². The first-order valence-electron chi connectivity index (χ1n) is 8.61. The lowest BCUT2D eigenvalue weighted by atomic mass is 10.1. The van der Waals surface area contributed by atoms with Gasteiger partial charge in [0.15, 0.2) is 0 Å². The topological polar surface area (TPSA) is 60.8 Å². The van der Waals surface area contributed by atoms with Gasteiger partial charge in [-0.2, -0.15) is 9.37 Å². The molecule has 6 heteroatoms. The van der Waals surface area contributed by atoms with Gasteiger partial charge in [-0.3, -0.25) is 4.98 Å². The fraction of sp³-hybridized carbons (Fsp3) is 0.300. The van der Waals surface area contributed by atoms with Gasteiger partial charge in [0, 0.05) is 42.2 Å². The molecule has 1 saturated carbocycles. The Balaban J connectivity index is 1.49. The van der Waals surface area contributed by atoms with E-state index in [0.29, 0.717) is 41.3 Å². The minimum Gasteiger partial charge on any atom is -0.477 e. The predicted molar refractivity (Wildman–Crippen MR) is 95.3 cm³/mol. The van der Waals surface area contributed by atoms with Gasteiger partial charge < -0.3 is 4.74 Å². The van der Waals surface area contributed by atoms with Crippen LogP contribution in [0.2, 0.25) is 0 Å². The summed E-state index contributed by atoms with van der Waals surface area (Å²) in [6, 6.07) is 7.25. The number of hydrogen-bond acceptors (Lipinski definition) is 5. The van der Waals surface area contributed by atoms with Gasteiger partial charge in [0.25, 0.3) is 0 Å². The summed E-state index contributed by atoms with van der Waals surface area (Å²) in [4.78, 5) is 16.7. The van der Waals surface area contributed by atoms with E-state index in [1.165, 1.54) is 12.3 Å². The van der Waals surface area contributed by atoms with Gasteiger partial charge in [0.2, 0.25) is 11.8 Å². The Morgan fingerprint density at radius 1 is 1.12 bits per heavy atom. The van der Waals surface area contributed by atoms with E-state index >= 15 is 0 Å². The standard InChI is InChI=1S/C20H19FN4O/c1-12-3-4-18(24-9-12)16-7-15(16)11-26-20-17(10-23-13(2)25-20)14-5-6-22-19(21)8-14/h3-6,8-10,15-16H,7,11H2,1-2H3/t15-,16+/m1/s1. The summed E-state index contributed by atoms with van der Waals surface area (Å²) in [5.41, 5.74) is 3.59. The molecule has 1 fully saturated rings.